The Morgan fingerprint density at radius 2 is 1.92 bits per heavy atom. The van der Waals surface area contributed by atoms with Gasteiger partial charge in [-0.05, 0) is 49.3 Å². The van der Waals surface area contributed by atoms with Gasteiger partial charge in [0.05, 0.1) is 7.11 Å². The maximum Gasteiger partial charge on any atom is 0.160 e. The van der Waals surface area contributed by atoms with E-state index in [2.05, 4.69) is 15.9 Å². The highest BCUT2D eigenvalue weighted by molar-refractivity contribution is 5.41. The van der Waals surface area contributed by atoms with Crippen molar-refractivity contribution in [1.29, 1.82) is 0 Å². The number of rotatable bonds is 4. The molecule has 5 nitrogen and oxygen atoms in total. The molecule has 0 spiro atoms. The van der Waals surface area contributed by atoms with E-state index in [0.717, 1.165) is 25.7 Å². The third kappa shape index (κ3) is 3.78. The maximum absolute atomic E-state index is 10.1. The Balaban J connectivity index is 1.44. The van der Waals surface area contributed by atoms with Crippen LogP contribution in [0.25, 0.3) is 0 Å². The molecule has 0 unspecified atom stereocenters. The Morgan fingerprint density at radius 3 is 2.68 bits per heavy atom. The predicted octanol–water partition coefficient (Wildman–Crippen LogP) is 2.48. The van der Waals surface area contributed by atoms with E-state index < -0.39 is 0 Å². The van der Waals surface area contributed by atoms with Crippen molar-refractivity contribution in [1.82, 2.24) is 9.80 Å². The van der Waals surface area contributed by atoms with Crippen LogP contribution in [0.3, 0.4) is 0 Å². The van der Waals surface area contributed by atoms with E-state index in [9.17, 15) is 5.11 Å². The minimum absolute atomic E-state index is 0.240. The Kier molecular flexibility index (Phi) is 5.15. The fourth-order valence-electron chi connectivity index (χ4n) is 4.83. The van der Waals surface area contributed by atoms with Crippen LogP contribution in [0.2, 0.25) is 0 Å². The van der Waals surface area contributed by atoms with E-state index in [1.165, 1.54) is 50.9 Å². The predicted molar refractivity (Wildman–Crippen MR) is 97.0 cm³/mol. The number of methoxy groups -OCH3 is 1. The lowest BCUT2D eigenvalue weighted by Crippen LogP contribution is -2.45. The van der Waals surface area contributed by atoms with Gasteiger partial charge in [0.2, 0.25) is 0 Å². The van der Waals surface area contributed by atoms with Gasteiger partial charge in [-0.1, -0.05) is 6.07 Å². The molecule has 1 N–H and O–H groups in total. The first-order valence-electron chi connectivity index (χ1n) is 9.64. The molecule has 4 aliphatic rings. The highest BCUT2D eigenvalue weighted by Gasteiger charge is 2.37. The zero-order chi connectivity index (χ0) is 17.2. The van der Waals surface area contributed by atoms with E-state index in [1.807, 2.05) is 12.1 Å². The van der Waals surface area contributed by atoms with Crippen LogP contribution in [0.1, 0.15) is 31.2 Å². The Morgan fingerprint density at radius 1 is 1.08 bits per heavy atom. The van der Waals surface area contributed by atoms with Gasteiger partial charge in [-0.2, -0.15) is 0 Å². The van der Waals surface area contributed by atoms with Gasteiger partial charge < -0.3 is 14.6 Å². The smallest absolute Gasteiger partial charge is 0.160 e. The molecule has 1 aromatic carbocycles. The monoisotopic (exact) mass is 346 g/mol. The van der Waals surface area contributed by atoms with Gasteiger partial charge in [-0.3, -0.25) is 9.80 Å². The standard InChI is InChI=1S/C20H30N2O3/c1-24-20-5-3-15(10-19(20)23)11-21-12-16-2-4-18(21)14-22(13-16)17-6-8-25-9-7-17/h3,5,10,16-18,23H,2,4,6-9,11-14H2,1H3/t16-,18-/m0/s1. The molecule has 2 bridgehead atoms. The Hall–Kier alpha value is -1.30. The molecule has 138 valence electrons. The minimum Gasteiger partial charge on any atom is -0.504 e. The van der Waals surface area contributed by atoms with E-state index in [1.54, 1.807) is 7.11 Å². The molecule has 2 atom stereocenters. The van der Waals surface area contributed by atoms with Gasteiger partial charge in [0, 0.05) is 51.5 Å². The van der Waals surface area contributed by atoms with Crippen LogP contribution < -0.4 is 4.74 Å². The highest BCUT2D eigenvalue weighted by atomic mass is 16.5. The molecule has 4 aliphatic heterocycles. The number of nitrogens with zero attached hydrogens (tertiary/aromatic N) is 2. The number of hydrogen-bond acceptors (Lipinski definition) is 5. The third-order valence-corrected chi connectivity index (χ3v) is 6.19. The molecule has 4 fully saturated rings. The zero-order valence-corrected chi connectivity index (χ0v) is 15.2. The summed E-state index contributed by atoms with van der Waals surface area (Å²) in [6, 6.07) is 7.14. The first kappa shape index (κ1) is 17.1. The van der Waals surface area contributed by atoms with E-state index in [0.29, 0.717) is 17.8 Å². The quantitative estimate of drug-likeness (QED) is 0.907. The zero-order valence-electron chi connectivity index (χ0n) is 15.2. The SMILES string of the molecule is COc1ccc(CN2C[C@@H]3CC[C@H]2CN(C2CCOCC2)C3)cc1O. The lowest BCUT2D eigenvalue weighted by molar-refractivity contribution is 0.0307. The highest BCUT2D eigenvalue weighted by Crippen LogP contribution is 2.33. The molecule has 0 amide bonds. The second-order valence-corrected chi connectivity index (χ2v) is 7.83. The fourth-order valence-corrected chi connectivity index (χ4v) is 4.83. The van der Waals surface area contributed by atoms with Crippen molar-refractivity contribution in [3.8, 4) is 11.5 Å². The van der Waals surface area contributed by atoms with Crippen molar-refractivity contribution < 1.29 is 14.6 Å². The van der Waals surface area contributed by atoms with E-state index in [4.69, 9.17) is 9.47 Å². The van der Waals surface area contributed by atoms with Crippen LogP contribution in [-0.4, -0.2) is 66.9 Å². The molecule has 5 heteroatoms. The fraction of sp³-hybridized carbons (Fsp3) is 0.700. The molecule has 4 saturated heterocycles. The van der Waals surface area contributed by atoms with Gasteiger partial charge in [-0.15, -0.1) is 0 Å². The average molecular weight is 346 g/mol. The molecule has 1 aromatic rings. The third-order valence-electron chi connectivity index (χ3n) is 6.19. The van der Waals surface area contributed by atoms with Crippen LogP contribution >= 0.6 is 0 Å². The number of phenols is 1. The molecular formula is C20H30N2O3. The number of phenolic OH excluding ortho intramolecular Hbond substituents is 1. The first-order chi connectivity index (χ1) is 12.2. The van der Waals surface area contributed by atoms with E-state index in [-0.39, 0.29) is 5.75 Å². The first-order valence-corrected chi connectivity index (χ1v) is 9.64. The van der Waals surface area contributed by atoms with Crippen LogP contribution in [-0.2, 0) is 11.3 Å². The van der Waals surface area contributed by atoms with Crippen LogP contribution in [0.15, 0.2) is 18.2 Å². The summed E-state index contributed by atoms with van der Waals surface area (Å²) in [7, 11) is 1.59. The number of aromatic hydroxyl groups is 1. The Bertz CT molecular complexity index is 588. The van der Waals surface area contributed by atoms with Crippen molar-refractivity contribution in [3.63, 3.8) is 0 Å². The van der Waals surface area contributed by atoms with Crippen molar-refractivity contribution in [2.45, 2.75) is 44.3 Å². The summed E-state index contributed by atoms with van der Waals surface area (Å²) in [5.74, 6) is 1.56. The summed E-state index contributed by atoms with van der Waals surface area (Å²) >= 11 is 0. The summed E-state index contributed by atoms with van der Waals surface area (Å²) in [5, 5.41) is 10.1. The maximum atomic E-state index is 10.1. The van der Waals surface area contributed by atoms with Crippen LogP contribution in [0.4, 0.5) is 0 Å². The number of piperidine rings is 1. The lowest BCUT2D eigenvalue weighted by atomic mass is 9.94. The lowest BCUT2D eigenvalue weighted by Gasteiger charge is -2.37. The van der Waals surface area contributed by atoms with Crippen molar-refractivity contribution in [3.05, 3.63) is 23.8 Å². The second-order valence-electron chi connectivity index (χ2n) is 7.83. The minimum atomic E-state index is 0.240. The number of benzene rings is 1. The normalized spacial score (nSPS) is 28.8. The van der Waals surface area contributed by atoms with Crippen LogP contribution in [0.5, 0.6) is 11.5 Å². The second kappa shape index (κ2) is 7.52. The van der Waals surface area contributed by atoms with Crippen molar-refractivity contribution >= 4 is 0 Å². The molecule has 4 heterocycles. The van der Waals surface area contributed by atoms with Gasteiger partial charge in [0.15, 0.2) is 11.5 Å². The summed E-state index contributed by atoms with van der Waals surface area (Å²) in [6.07, 6.45) is 5.03. The summed E-state index contributed by atoms with van der Waals surface area (Å²) in [6.45, 7) is 6.36. The molecule has 0 radical (unpaired) electrons. The summed E-state index contributed by atoms with van der Waals surface area (Å²) < 4.78 is 10.7. The van der Waals surface area contributed by atoms with Gasteiger partial charge in [0.1, 0.15) is 0 Å². The van der Waals surface area contributed by atoms with Crippen molar-refractivity contribution in [2.75, 3.05) is 40.0 Å². The molecular weight excluding hydrogens is 316 g/mol. The number of fused-ring (bicyclic) bond motifs is 4. The van der Waals surface area contributed by atoms with Gasteiger partial charge in [0.25, 0.3) is 0 Å². The van der Waals surface area contributed by atoms with E-state index >= 15 is 0 Å². The number of ether oxygens (including phenoxy) is 2. The van der Waals surface area contributed by atoms with Crippen molar-refractivity contribution in [2.24, 2.45) is 5.92 Å². The molecule has 5 rings (SSSR count). The average Bonchev–Trinajstić information content (AvgIpc) is 2.95. The van der Waals surface area contributed by atoms with Crippen LogP contribution in [0, 0.1) is 5.92 Å². The largest absolute Gasteiger partial charge is 0.504 e. The molecule has 25 heavy (non-hydrogen) atoms. The summed E-state index contributed by atoms with van der Waals surface area (Å²) in [4.78, 5) is 5.38. The molecule has 0 aromatic heterocycles. The Labute approximate surface area is 150 Å². The van der Waals surface area contributed by atoms with Gasteiger partial charge >= 0.3 is 0 Å². The summed E-state index contributed by atoms with van der Waals surface area (Å²) in [5.41, 5.74) is 1.17. The molecule has 0 saturated carbocycles. The topological polar surface area (TPSA) is 45.2 Å². The number of hydrogen-bond donors (Lipinski definition) is 1. The molecule has 0 aliphatic carbocycles. The van der Waals surface area contributed by atoms with Gasteiger partial charge in [-0.25, -0.2) is 0 Å².